The van der Waals surface area contributed by atoms with Crippen LogP contribution in [0.25, 0.3) is 22.6 Å². The first-order valence-electron chi connectivity index (χ1n) is 10.1. The summed E-state index contributed by atoms with van der Waals surface area (Å²) in [5, 5.41) is 25.5. The van der Waals surface area contributed by atoms with Gasteiger partial charge in [-0.25, -0.2) is 23.0 Å². The molecular formula is C23H16F2N8O. The van der Waals surface area contributed by atoms with Gasteiger partial charge in [-0.3, -0.25) is 0 Å². The van der Waals surface area contributed by atoms with E-state index in [0.29, 0.717) is 34.1 Å². The van der Waals surface area contributed by atoms with Gasteiger partial charge in [0.15, 0.2) is 11.5 Å². The summed E-state index contributed by atoms with van der Waals surface area (Å²) in [4.78, 5) is 4.47. The lowest BCUT2D eigenvalue weighted by atomic mass is 10.1. The molecule has 0 bridgehead atoms. The van der Waals surface area contributed by atoms with Crippen LogP contribution in [0.4, 0.5) is 8.78 Å². The maximum Gasteiger partial charge on any atom is 0.267 e. The van der Waals surface area contributed by atoms with Crippen LogP contribution in [0.1, 0.15) is 29.1 Å². The van der Waals surface area contributed by atoms with Gasteiger partial charge >= 0.3 is 0 Å². The van der Waals surface area contributed by atoms with Gasteiger partial charge in [0.05, 0.1) is 34.9 Å². The first kappa shape index (κ1) is 21.1. The number of aryl methyl sites for hydroxylation is 2. The van der Waals surface area contributed by atoms with Gasteiger partial charge in [-0.2, -0.15) is 20.6 Å². The van der Waals surface area contributed by atoms with Gasteiger partial charge in [-0.1, -0.05) is 0 Å². The van der Waals surface area contributed by atoms with Gasteiger partial charge in [0.1, 0.15) is 11.8 Å². The largest absolute Gasteiger partial charge is 0.436 e. The average molecular weight is 458 g/mol. The highest BCUT2D eigenvalue weighted by Crippen LogP contribution is 2.31. The van der Waals surface area contributed by atoms with E-state index in [1.807, 2.05) is 13.0 Å². The molecule has 0 saturated heterocycles. The Morgan fingerprint density at radius 3 is 2.62 bits per heavy atom. The van der Waals surface area contributed by atoms with Crippen molar-refractivity contribution in [3.8, 4) is 34.8 Å². The molecule has 9 nitrogen and oxygen atoms in total. The van der Waals surface area contributed by atoms with Crippen molar-refractivity contribution >= 4 is 5.52 Å². The van der Waals surface area contributed by atoms with Gasteiger partial charge in [0.25, 0.3) is 6.43 Å². The SMILES string of the molecule is Cc1ccc(Oc2ccc3c(-c4ccc(C(F)F)c(-n5nc(C#N)cc5C)n4)cnn3c2)nn1. The predicted octanol–water partition coefficient (Wildman–Crippen LogP) is 4.59. The molecule has 0 unspecified atom stereocenters. The summed E-state index contributed by atoms with van der Waals surface area (Å²) in [6.07, 6.45) is 0.500. The van der Waals surface area contributed by atoms with Crippen LogP contribution in [-0.4, -0.2) is 34.6 Å². The second-order valence-corrected chi connectivity index (χ2v) is 7.47. The molecule has 0 aliphatic rings. The van der Waals surface area contributed by atoms with Crippen molar-refractivity contribution in [3.05, 3.63) is 77.5 Å². The number of nitriles is 1. The van der Waals surface area contributed by atoms with Crippen molar-refractivity contribution < 1.29 is 13.5 Å². The van der Waals surface area contributed by atoms with E-state index in [-0.39, 0.29) is 17.1 Å². The lowest BCUT2D eigenvalue weighted by Crippen LogP contribution is -2.07. The molecule has 5 aromatic heterocycles. The maximum atomic E-state index is 13.7. The number of aromatic nitrogens is 7. The fourth-order valence-corrected chi connectivity index (χ4v) is 3.48. The van der Waals surface area contributed by atoms with Gasteiger partial charge in [-0.05, 0) is 50.2 Å². The summed E-state index contributed by atoms with van der Waals surface area (Å²) in [5.74, 6) is 0.805. The number of halogens is 2. The van der Waals surface area contributed by atoms with Crippen molar-refractivity contribution in [2.24, 2.45) is 0 Å². The summed E-state index contributed by atoms with van der Waals surface area (Å²) >= 11 is 0. The molecular weight excluding hydrogens is 442 g/mol. The number of ether oxygens (including phenoxy) is 1. The standard InChI is InChI=1S/C23H16F2N8O/c1-13-3-8-21(30-29-13)34-16-4-7-20-18(11-27-32(20)12-16)19-6-5-17(22(24)25)23(28-19)33-14(2)9-15(10-26)31-33/h3-9,11-12,22H,1-2H3. The minimum absolute atomic E-state index is 0.0382. The van der Waals surface area contributed by atoms with Crippen LogP contribution >= 0.6 is 0 Å². The third kappa shape index (κ3) is 3.81. The summed E-state index contributed by atoms with van der Waals surface area (Å²) in [7, 11) is 0. The Balaban J connectivity index is 1.55. The molecule has 168 valence electrons. The molecule has 0 radical (unpaired) electrons. The van der Waals surface area contributed by atoms with Gasteiger partial charge in [0, 0.05) is 17.3 Å². The van der Waals surface area contributed by atoms with Crippen molar-refractivity contribution in [1.82, 2.24) is 34.6 Å². The van der Waals surface area contributed by atoms with Crippen LogP contribution in [0, 0.1) is 25.2 Å². The third-order valence-corrected chi connectivity index (χ3v) is 5.10. The van der Waals surface area contributed by atoms with E-state index in [2.05, 4.69) is 25.4 Å². The second-order valence-electron chi connectivity index (χ2n) is 7.47. The van der Waals surface area contributed by atoms with E-state index in [9.17, 15) is 8.78 Å². The molecule has 0 aliphatic heterocycles. The Kier molecular flexibility index (Phi) is 5.18. The fraction of sp³-hybridized carbons (Fsp3) is 0.130. The van der Waals surface area contributed by atoms with Crippen LogP contribution in [0.15, 0.2) is 54.9 Å². The number of fused-ring (bicyclic) bond motifs is 1. The van der Waals surface area contributed by atoms with Crippen molar-refractivity contribution in [2.75, 3.05) is 0 Å². The van der Waals surface area contributed by atoms with Crippen LogP contribution in [0.3, 0.4) is 0 Å². The van der Waals surface area contributed by atoms with Crippen LogP contribution in [0.5, 0.6) is 11.6 Å². The van der Waals surface area contributed by atoms with E-state index < -0.39 is 6.43 Å². The number of nitrogens with zero attached hydrogens (tertiary/aromatic N) is 8. The Morgan fingerprint density at radius 1 is 1.06 bits per heavy atom. The number of rotatable bonds is 5. The summed E-state index contributed by atoms with van der Waals surface area (Å²) in [6.45, 7) is 3.50. The van der Waals surface area contributed by atoms with Gasteiger partial charge in [0.2, 0.25) is 5.88 Å². The molecule has 0 fully saturated rings. The van der Waals surface area contributed by atoms with Crippen molar-refractivity contribution in [1.29, 1.82) is 5.26 Å². The number of pyridine rings is 2. The molecule has 5 heterocycles. The van der Waals surface area contributed by atoms with E-state index in [1.165, 1.54) is 22.9 Å². The zero-order valence-electron chi connectivity index (χ0n) is 18.0. The third-order valence-electron chi connectivity index (χ3n) is 5.10. The molecule has 11 heteroatoms. The smallest absolute Gasteiger partial charge is 0.267 e. The normalized spacial score (nSPS) is 11.2. The molecule has 0 N–H and O–H groups in total. The summed E-state index contributed by atoms with van der Waals surface area (Å²) < 4.78 is 36.0. The maximum absolute atomic E-state index is 13.7. The Bertz CT molecular complexity index is 1550. The molecule has 5 rings (SSSR count). The minimum Gasteiger partial charge on any atom is -0.436 e. The monoisotopic (exact) mass is 458 g/mol. The molecule has 0 spiro atoms. The molecule has 0 aromatic carbocycles. The molecule has 5 aromatic rings. The molecule has 0 saturated carbocycles. The second kappa shape index (κ2) is 8.32. The van der Waals surface area contributed by atoms with E-state index in [0.717, 1.165) is 5.69 Å². The predicted molar refractivity (Wildman–Crippen MR) is 117 cm³/mol. The molecule has 34 heavy (non-hydrogen) atoms. The highest BCUT2D eigenvalue weighted by molar-refractivity contribution is 5.78. The first-order valence-corrected chi connectivity index (χ1v) is 10.1. The zero-order chi connectivity index (χ0) is 23.8. The lowest BCUT2D eigenvalue weighted by molar-refractivity contribution is 0.150. The van der Waals surface area contributed by atoms with Crippen molar-refractivity contribution in [2.45, 2.75) is 20.3 Å². The highest BCUT2D eigenvalue weighted by Gasteiger charge is 2.21. The van der Waals surface area contributed by atoms with Crippen LogP contribution in [-0.2, 0) is 0 Å². The topological polar surface area (TPSA) is 107 Å². The molecule has 0 aliphatic carbocycles. The number of alkyl halides is 2. The van der Waals surface area contributed by atoms with E-state index in [1.54, 1.807) is 48.1 Å². The molecule has 0 atom stereocenters. The Labute approximate surface area is 191 Å². The van der Waals surface area contributed by atoms with Crippen LogP contribution in [0.2, 0.25) is 0 Å². The zero-order valence-corrected chi connectivity index (χ0v) is 18.0. The Hall–Kier alpha value is -4.72. The quantitative estimate of drug-likeness (QED) is 0.379. The minimum atomic E-state index is -2.76. The Morgan fingerprint density at radius 2 is 1.91 bits per heavy atom. The van der Waals surface area contributed by atoms with Crippen molar-refractivity contribution in [3.63, 3.8) is 0 Å². The fourth-order valence-electron chi connectivity index (χ4n) is 3.48. The lowest BCUT2D eigenvalue weighted by Gasteiger charge is -2.11. The summed E-state index contributed by atoms with van der Waals surface area (Å²) in [5.41, 5.74) is 2.88. The molecule has 0 amide bonds. The van der Waals surface area contributed by atoms with E-state index >= 15 is 0 Å². The first-order chi connectivity index (χ1) is 16.4. The number of hydrogen-bond donors (Lipinski definition) is 0. The average Bonchev–Trinajstić information content (AvgIpc) is 3.43. The van der Waals surface area contributed by atoms with Crippen LogP contribution < -0.4 is 4.74 Å². The van der Waals surface area contributed by atoms with Gasteiger partial charge < -0.3 is 4.74 Å². The number of hydrogen-bond acceptors (Lipinski definition) is 7. The van der Waals surface area contributed by atoms with E-state index in [4.69, 9.17) is 10.00 Å². The highest BCUT2D eigenvalue weighted by atomic mass is 19.3. The van der Waals surface area contributed by atoms with Gasteiger partial charge in [-0.15, -0.1) is 5.10 Å². The summed E-state index contributed by atoms with van der Waals surface area (Å²) in [6, 6.07) is 13.3.